The second-order valence-corrected chi connectivity index (χ2v) is 5.78. The quantitative estimate of drug-likeness (QED) is 0.863. The molecule has 0 aliphatic heterocycles. The number of halogens is 1. The zero-order valence-corrected chi connectivity index (χ0v) is 12.1. The number of benzene rings is 2. The van der Waals surface area contributed by atoms with Gasteiger partial charge in [-0.15, -0.1) is 0 Å². The molecule has 0 radical (unpaired) electrons. The first kappa shape index (κ1) is 14.7. The van der Waals surface area contributed by atoms with Gasteiger partial charge in [0.25, 0.3) is 0 Å². The molecule has 106 valence electrons. The van der Waals surface area contributed by atoms with E-state index in [4.69, 9.17) is 5.73 Å². The maximum atomic E-state index is 13.2. The van der Waals surface area contributed by atoms with E-state index in [9.17, 15) is 4.39 Å². The van der Waals surface area contributed by atoms with Crippen molar-refractivity contribution in [3.05, 3.63) is 71.0 Å². The Morgan fingerprint density at radius 3 is 2.25 bits per heavy atom. The average Bonchev–Trinajstić information content (AvgIpc) is 2.38. The van der Waals surface area contributed by atoms with Gasteiger partial charge in [0, 0.05) is 6.04 Å². The molecule has 0 bridgehead atoms. The maximum absolute atomic E-state index is 13.2. The monoisotopic (exact) mass is 271 g/mol. The molecule has 0 aromatic heterocycles. The van der Waals surface area contributed by atoms with Gasteiger partial charge in [0.05, 0.1) is 0 Å². The summed E-state index contributed by atoms with van der Waals surface area (Å²) in [6, 6.07) is 15.0. The minimum Gasteiger partial charge on any atom is -0.324 e. The first-order valence-electron chi connectivity index (χ1n) is 7.13. The van der Waals surface area contributed by atoms with Crippen molar-refractivity contribution < 1.29 is 4.39 Å². The van der Waals surface area contributed by atoms with Gasteiger partial charge >= 0.3 is 0 Å². The number of hydrogen-bond donors (Lipinski definition) is 1. The minimum atomic E-state index is -0.206. The molecule has 2 rings (SSSR count). The summed E-state index contributed by atoms with van der Waals surface area (Å²) in [7, 11) is 0. The predicted molar refractivity (Wildman–Crippen MR) is 82.0 cm³/mol. The Labute approximate surface area is 120 Å². The summed E-state index contributed by atoms with van der Waals surface area (Å²) in [5, 5.41) is 0. The van der Waals surface area contributed by atoms with E-state index >= 15 is 0 Å². The van der Waals surface area contributed by atoms with Crippen molar-refractivity contribution in [2.75, 3.05) is 0 Å². The predicted octanol–water partition coefficient (Wildman–Crippen LogP) is 4.27. The van der Waals surface area contributed by atoms with Gasteiger partial charge in [-0.1, -0.05) is 50.2 Å². The highest BCUT2D eigenvalue weighted by atomic mass is 19.1. The summed E-state index contributed by atoms with van der Waals surface area (Å²) in [6.07, 6.45) is 1.74. The van der Waals surface area contributed by atoms with Crippen molar-refractivity contribution >= 4 is 0 Å². The summed E-state index contributed by atoms with van der Waals surface area (Å²) in [5.41, 5.74) is 9.57. The molecule has 2 aromatic carbocycles. The highest BCUT2D eigenvalue weighted by Crippen LogP contribution is 2.18. The van der Waals surface area contributed by atoms with Gasteiger partial charge in [0.1, 0.15) is 5.82 Å². The molecular formula is C18H22FN. The van der Waals surface area contributed by atoms with Crippen LogP contribution in [-0.4, -0.2) is 0 Å². The van der Waals surface area contributed by atoms with E-state index < -0.39 is 0 Å². The Kier molecular flexibility index (Phi) is 4.91. The van der Waals surface area contributed by atoms with Crippen LogP contribution in [0.25, 0.3) is 0 Å². The molecule has 0 fully saturated rings. The van der Waals surface area contributed by atoms with Crippen LogP contribution in [0.4, 0.5) is 4.39 Å². The molecule has 0 aliphatic rings. The van der Waals surface area contributed by atoms with Gasteiger partial charge in [0.15, 0.2) is 0 Å². The van der Waals surface area contributed by atoms with E-state index in [1.165, 1.54) is 11.6 Å². The molecule has 0 amide bonds. The lowest BCUT2D eigenvalue weighted by Gasteiger charge is -2.13. The van der Waals surface area contributed by atoms with Crippen molar-refractivity contribution in [1.29, 1.82) is 0 Å². The first-order chi connectivity index (χ1) is 9.54. The van der Waals surface area contributed by atoms with Crippen LogP contribution in [-0.2, 0) is 12.8 Å². The Hall–Kier alpha value is -1.67. The highest BCUT2D eigenvalue weighted by Gasteiger charge is 2.08. The molecule has 0 saturated carbocycles. The topological polar surface area (TPSA) is 26.0 Å². The van der Waals surface area contributed by atoms with Crippen LogP contribution in [0.15, 0.2) is 48.5 Å². The van der Waals surface area contributed by atoms with E-state index in [2.05, 4.69) is 38.1 Å². The average molecular weight is 271 g/mol. The second kappa shape index (κ2) is 6.67. The van der Waals surface area contributed by atoms with E-state index in [0.29, 0.717) is 12.3 Å². The largest absolute Gasteiger partial charge is 0.324 e. The van der Waals surface area contributed by atoms with Crippen LogP contribution < -0.4 is 5.73 Å². The van der Waals surface area contributed by atoms with Crippen molar-refractivity contribution in [2.24, 2.45) is 11.7 Å². The molecule has 1 atom stereocenters. The van der Waals surface area contributed by atoms with E-state index in [1.807, 2.05) is 6.07 Å². The lowest BCUT2D eigenvalue weighted by molar-refractivity contribution is 0.622. The Morgan fingerprint density at radius 1 is 0.950 bits per heavy atom. The van der Waals surface area contributed by atoms with Gasteiger partial charge < -0.3 is 5.73 Å². The highest BCUT2D eigenvalue weighted by molar-refractivity contribution is 5.27. The molecule has 2 aromatic rings. The molecule has 1 nitrogen and oxygen atoms in total. The first-order valence-corrected chi connectivity index (χ1v) is 7.13. The van der Waals surface area contributed by atoms with Crippen molar-refractivity contribution in [1.82, 2.24) is 0 Å². The Balaban J connectivity index is 2.03. The zero-order chi connectivity index (χ0) is 14.5. The number of nitrogens with two attached hydrogens (primary N) is 1. The van der Waals surface area contributed by atoms with E-state index in [-0.39, 0.29) is 11.9 Å². The molecule has 2 heteroatoms. The molecule has 1 unspecified atom stereocenters. The molecular weight excluding hydrogens is 249 g/mol. The lowest BCUT2D eigenvalue weighted by atomic mass is 9.96. The van der Waals surface area contributed by atoms with Crippen LogP contribution in [0, 0.1) is 11.7 Å². The van der Waals surface area contributed by atoms with Crippen LogP contribution in [0.1, 0.15) is 36.6 Å². The van der Waals surface area contributed by atoms with Crippen molar-refractivity contribution in [3.8, 4) is 0 Å². The number of hydrogen-bond acceptors (Lipinski definition) is 1. The normalized spacial score (nSPS) is 12.7. The van der Waals surface area contributed by atoms with Gasteiger partial charge in [0.2, 0.25) is 0 Å². The van der Waals surface area contributed by atoms with Crippen LogP contribution in [0.3, 0.4) is 0 Å². The summed E-state index contributed by atoms with van der Waals surface area (Å²) < 4.78 is 13.2. The van der Waals surface area contributed by atoms with Gasteiger partial charge in [-0.3, -0.25) is 0 Å². The molecule has 2 N–H and O–H groups in total. The second-order valence-electron chi connectivity index (χ2n) is 5.78. The molecule has 0 heterocycles. The van der Waals surface area contributed by atoms with E-state index in [1.54, 1.807) is 12.1 Å². The fourth-order valence-corrected chi connectivity index (χ4v) is 2.41. The van der Waals surface area contributed by atoms with Crippen LogP contribution >= 0.6 is 0 Å². The molecule has 0 spiro atoms. The summed E-state index contributed by atoms with van der Waals surface area (Å²) in [6.45, 7) is 4.42. The molecule has 20 heavy (non-hydrogen) atoms. The third kappa shape index (κ3) is 4.17. The minimum absolute atomic E-state index is 0.0927. The summed E-state index contributed by atoms with van der Waals surface area (Å²) in [4.78, 5) is 0. The van der Waals surface area contributed by atoms with E-state index in [0.717, 1.165) is 17.5 Å². The third-order valence-electron chi connectivity index (χ3n) is 3.40. The smallest absolute Gasteiger partial charge is 0.123 e. The SMILES string of the molecule is CC(C)Cc1ccc(C(N)Cc2cccc(F)c2)cc1. The standard InChI is InChI=1S/C18H22FN/c1-13(2)10-14-6-8-16(9-7-14)18(20)12-15-4-3-5-17(19)11-15/h3-9,11,13,18H,10,12,20H2,1-2H3. The van der Waals surface area contributed by atoms with Gasteiger partial charge in [-0.05, 0) is 47.6 Å². The molecule has 0 saturated heterocycles. The van der Waals surface area contributed by atoms with Crippen molar-refractivity contribution in [3.63, 3.8) is 0 Å². The third-order valence-corrected chi connectivity index (χ3v) is 3.40. The summed E-state index contributed by atoms with van der Waals surface area (Å²) >= 11 is 0. The fraction of sp³-hybridized carbons (Fsp3) is 0.333. The van der Waals surface area contributed by atoms with Crippen LogP contribution in [0.2, 0.25) is 0 Å². The summed E-state index contributed by atoms with van der Waals surface area (Å²) in [5.74, 6) is 0.448. The number of rotatable bonds is 5. The van der Waals surface area contributed by atoms with Gasteiger partial charge in [-0.2, -0.15) is 0 Å². The molecule has 0 aliphatic carbocycles. The zero-order valence-electron chi connectivity index (χ0n) is 12.1. The van der Waals surface area contributed by atoms with Crippen molar-refractivity contribution in [2.45, 2.75) is 32.7 Å². The Morgan fingerprint density at radius 2 is 1.65 bits per heavy atom. The van der Waals surface area contributed by atoms with Gasteiger partial charge in [-0.25, -0.2) is 4.39 Å². The fourth-order valence-electron chi connectivity index (χ4n) is 2.41. The maximum Gasteiger partial charge on any atom is 0.123 e. The lowest BCUT2D eigenvalue weighted by Crippen LogP contribution is -2.13. The Bertz CT molecular complexity index is 546. The van der Waals surface area contributed by atoms with Crippen LogP contribution in [0.5, 0.6) is 0 Å².